The molecule has 0 fully saturated rings. The van der Waals surface area contributed by atoms with Crippen molar-refractivity contribution in [2.45, 2.75) is 43.2 Å². The zero-order valence-electron chi connectivity index (χ0n) is 12.2. The van der Waals surface area contributed by atoms with Crippen LogP contribution in [-0.4, -0.2) is 36.5 Å². The first kappa shape index (κ1) is 21.6. The van der Waals surface area contributed by atoms with Crippen LogP contribution < -0.4 is 0 Å². The maximum atomic E-state index is 13.2. The van der Waals surface area contributed by atoms with Gasteiger partial charge < -0.3 is 4.74 Å². The Kier molecular flexibility index (Phi) is 6.41. The van der Waals surface area contributed by atoms with E-state index in [9.17, 15) is 44.3 Å². The summed E-state index contributed by atoms with van der Waals surface area (Å²) in [5.41, 5.74) is 0.750. The van der Waals surface area contributed by atoms with E-state index in [1.807, 2.05) is 0 Å². The van der Waals surface area contributed by atoms with Crippen molar-refractivity contribution in [1.29, 1.82) is 0 Å². The highest BCUT2D eigenvalue weighted by molar-refractivity contribution is 7.07. The number of carbonyl (C=O) groups is 1. The van der Waals surface area contributed by atoms with Crippen LogP contribution in [0.2, 0.25) is 0 Å². The fourth-order valence-electron chi connectivity index (χ4n) is 1.61. The summed E-state index contributed by atoms with van der Waals surface area (Å²) in [4.78, 5) is 11.2. The Hall–Kier alpha value is -1.46. The molecule has 25 heavy (non-hydrogen) atoms. The molecule has 1 heterocycles. The summed E-state index contributed by atoms with van der Waals surface area (Å²) in [7, 11) is 0. The van der Waals surface area contributed by atoms with E-state index in [-0.39, 0.29) is 13.0 Å². The third-order valence-corrected chi connectivity index (χ3v) is 3.82. The first-order chi connectivity index (χ1) is 11.2. The van der Waals surface area contributed by atoms with Crippen molar-refractivity contribution >= 4 is 17.3 Å². The molecule has 0 aliphatic heterocycles. The third kappa shape index (κ3) is 4.79. The lowest BCUT2D eigenvalue weighted by Gasteiger charge is -2.33. The number of halogens is 9. The minimum atomic E-state index is -6.95. The van der Waals surface area contributed by atoms with Crippen LogP contribution in [0.3, 0.4) is 0 Å². The molecule has 0 aromatic carbocycles. The monoisotopic (exact) mass is 402 g/mol. The summed E-state index contributed by atoms with van der Waals surface area (Å²) in [5, 5.41) is 3.41. The topological polar surface area (TPSA) is 26.3 Å². The van der Waals surface area contributed by atoms with Crippen LogP contribution in [0.25, 0.3) is 0 Å². The molecule has 0 spiro atoms. The van der Waals surface area contributed by atoms with Crippen molar-refractivity contribution in [3.05, 3.63) is 22.4 Å². The lowest BCUT2D eigenvalue weighted by molar-refractivity contribution is -0.396. The van der Waals surface area contributed by atoms with E-state index in [2.05, 4.69) is 4.74 Å². The summed E-state index contributed by atoms with van der Waals surface area (Å²) in [6.07, 6.45) is -10.3. The van der Waals surface area contributed by atoms with Crippen molar-refractivity contribution < 1.29 is 49.0 Å². The van der Waals surface area contributed by atoms with Gasteiger partial charge >= 0.3 is 29.9 Å². The summed E-state index contributed by atoms with van der Waals surface area (Å²) < 4.78 is 118. The van der Waals surface area contributed by atoms with Crippen molar-refractivity contribution in [3.63, 3.8) is 0 Å². The molecule has 0 N–H and O–H groups in total. The van der Waals surface area contributed by atoms with E-state index >= 15 is 0 Å². The number of hydrogen-bond donors (Lipinski definition) is 0. The predicted octanol–water partition coefficient (Wildman–Crippen LogP) is 5.08. The lowest BCUT2D eigenvalue weighted by atomic mass is 10.00. The number of hydrogen-bond acceptors (Lipinski definition) is 3. The van der Waals surface area contributed by atoms with Gasteiger partial charge in [0, 0.05) is 12.8 Å². The van der Waals surface area contributed by atoms with Gasteiger partial charge in [0.1, 0.15) is 0 Å². The van der Waals surface area contributed by atoms with Crippen molar-refractivity contribution in [2.75, 3.05) is 6.61 Å². The SMILES string of the molecule is O=C(CCC(F)(F)C(F)(F)C(F)(F)C(F)(F)F)OCCc1ccsc1. The predicted molar refractivity (Wildman–Crippen MR) is 69.1 cm³/mol. The number of carbonyl (C=O) groups excluding carboxylic acids is 1. The van der Waals surface area contributed by atoms with Gasteiger partial charge in [-0.25, -0.2) is 0 Å². The Bertz CT molecular complexity index is 567. The van der Waals surface area contributed by atoms with Crippen LogP contribution in [0.15, 0.2) is 16.8 Å². The molecule has 0 radical (unpaired) electrons. The molecule has 0 amide bonds. The van der Waals surface area contributed by atoms with Gasteiger partial charge in [-0.15, -0.1) is 0 Å². The second-order valence-electron chi connectivity index (χ2n) is 4.95. The number of ether oxygens (including phenoxy) is 1. The fourth-order valence-corrected chi connectivity index (χ4v) is 2.32. The zero-order valence-corrected chi connectivity index (χ0v) is 13.0. The second kappa shape index (κ2) is 7.42. The molecular weight excluding hydrogens is 391 g/mol. The van der Waals surface area contributed by atoms with Crippen LogP contribution in [0, 0.1) is 0 Å². The largest absolute Gasteiger partial charge is 0.465 e. The molecule has 0 aliphatic rings. The fraction of sp³-hybridized carbons (Fsp3) is 0.615. The minimum Gasteiger partial charge on any atom is -0.465 e. The molecule has 144 valence electrons. The maximum absolute atomic E-state index is 13.2. The van der Waals surface area contributed by atoms with Crippen molar-refractivity contribution in [3.8, 4) is 0 Å². The van der Waals surface area contributed by atoms with Crippen LogP contribution in [0.5, 0.6) is 0 Å². The Morgan fingerprint density at radius 3 is 2.08 bits per heavy atom. The van der Waals surface area contributed by atoms with Gasteiger partial charge in [0.15, 0.2) is 0 Å². The molecule has 1 rings (SSSR count). The minimum absolute atomic E-state index is 0.202. The highest BCUT2D eigenvalue weighted by Crippen LogP contribution is 2.54. The van der Waals surface area contributed by atoms with Gasteiger partial charge in [0.2, 0.25) is 0 Å². The first-order valence-corrected chi connectivity index (χ1v) is 7.53. The van der Waals surface area contributed by atoms with Gasteiger partial charge in [-0.05, 0) is 22.4 Å². The van der Waals surface area contributed by atoms with E-state index in [0.717, 1.165) is 5.56 Å². The Morgan fingerprint density at radius 2 is 1.60 bits per heavy atom. The van der Waals surface area contributed by atoms with Gasteiger partial charge in [-0.3, -0.25) is 4.79 Å². The molecule has 12 heteroatoms. The summed E-state index contributed by atoms with van der Waals surface area (Å²) >= 11 is 1.33. The second-order valence-corrected chi connectivity index (χ2v) is 5.73. The van der Waals surface area contributed by atoms with Gasteiger partial charge in [0.05, 0.1) is 13.0 Å². The highest BCUT2D eigenvalue weighted by atomic mass is 32.1. The number of rotatable bonds is 8. The van der Waals surface area contributed by atoms with E-state index in [4.69, 9.17) is 0 Å². The van der Waals surface area contributed by atoms with Crippen LogP contribution in [0.4, 0.5) is 39.5 Å². The summed E-state index contributed by atoms with van der Waals surface area (Å²) in [6, 6.07) is 1.67. The first-order valence-electron chi connectivity index (χ1n) is 6.59. The molecule has 2 nitrogen and oxygen atoms in total. The third-order valence-electron chi connectivity index (χ3n) is 3.09. The van der Waals surface area contributed by atoms with E-state index in [0.29, 0.717) is 0 Å². The molecule has 1 aromatic heterocycles. The summed E-state index contributed by atoms with van der Waals surface area (Å²) in [5.74, 6) is -20.8. The highest BCUT2D eigenvalue weighted by Gasteiger charge is 2.81. The normalized spacial score (nSPS) is 13.8. The van der Waals surface area contributed by atoms with Crippen LogP contribution >= 0.6 is 11.3 Å². The molecule has 0 bridgehead atoms. The van der Waals surface area contributed by atoms with Crippen molar-refractivity contribution in [1.82, 2.24) is 0 Å². The van der Waals surface area contributed by atoms with Crippen LogP contribution in [0.1, 0.15) is 18.4 Å². The van der Waals surface area contributed by atoms with E-state index in [1.54, 1.807) is 16.8 Å². The molecule has 1 aromatic rings. The molecule has 0 saturated heterocycles. The van der Waals surface area contributed by atoms with Gasteiger partial charge in [-0.2, -0.15) is 50.9 Å². The van der Waals surface area contributed by atoms with E-state index in [1.165, 1.54) is 11.3 Å². The smallest absolute Gasteiger partial charge is 0.460 e. The quantitative estimate of drug-likeness (QED) is 0.448. The summed E-state index contributed by atoms with van der Waals surface area (Å²) in [6.45, 7) is -0.282. The Balaban J connectivity index is 2.59. The molecular formula is C13H11F9O2S. The van der Waals surface area contributed by atoms with Crippen molar-refractivity contribution in [2.24, 2.45) is 0 Å². The lowest BCUT2D eigenvalue weighted by Crippen LogP contribution is -2.60. The Morgan fingerprint density at radius 1 is 1.00 bits per heavy atom. The standard InChI is InChI=1S/C13H11F9O2S/c14-10(15,11(16,17)12(18,19)13(20,21)22)4-1-9(23)24-5-2-8-3-6-25-7-8/h3,6-7H,1-2,4-5H2. The molecule has 0 aliphatic carbocycles. The van der Waals surface area contributed by atoms with Crippen LogP contribution in [-0.2, 0) is 16.0 Å². The van der Waals surface area contributed by atoms with Gasteiger partial charge in [-0.1, -0.05) is 0 Å². The molecule has 0 saturated carbocycles. The zero-order chi connectivity index (χ0) is 19.5. The average Bonchev–Trinajstić information content (AvgIpc) is 2.97. The number of esters is 1. The number of thiophene rings is 1. The maximum Gasteiger partial charge on any atom is 0.460 e. The Labute approximate surface area is 139 Å². The average molecular weight is 402 g/mol. The van der Waals surface area contributed by atoms with E-state index < -0.39 is 42.8 Å². The molecule has 0 atom stereocenters. The number of alkyl halides is 9. The molecule has 0 unspecified atom stereocenters. The van der Waals surface area contributed by atoms with Gasteiger partial charge in [0.25, 0.3) is 0 Å².